The molecule has 2 aliphatic carbocycles. The Bertz CT molecular complexity index is 1710. The van der Waals surface area contributed by atoms with Gasteiger partial charge in [0.05, 0.1) is 0 Å². The minimum absolute atomic E-state index is 0. The zero-order chi connectivity index (χ0) is 30.7. The summed E-state index contributed by atoms with van der Waals surface area (Å²) in [7, 11) is 0. The minimum Gasteiger partial charge on any atom is -1.00 e. The van der Waals surface area contributed by atoms with Gasteiger partial charge in [-0.25, -0.2) is 0 Å². The first kappa shape index (κ1) is 36.1. The number of fused-ring (bicyclic) bond motifs is 4. The standard InChI is InChI=1S/C39H41.C2H7Si.2ClH.Zr/c1-8-13-26-23-33-29(25-14-10-9-11-15-25)16-12-17-32(33)36(26)37-34-24-27-22-28(38(2,3)4)18-19-30(27)31(34)20-21-35(37)39(5,6)7;1-3-2;;;/h9-12,14-24,36H,8,13H2,1-7H3;3H,1-2H3;2*1H;/q;;;;+2/p-2. The molecule has 0 radical (unpaired) electrons. The van der Waals surface area contributed by atoms with Crippen molar-refractivity contribution >= 4 is 12.0 Å². The molecule has 2 unspecified atom stereocenters. The van der Waals surface area contributed by atoms with Crippen LogP contribution in [0.5, 0.6) is 0 Å². The molecule has 4 heteroatoms. The van der Waals surface area contributed by atoms with E-state index in [9.17, 15) is 0 Å². The van der Waals surface area contributed by atoms with Crippen LogP contribution in [0.15, 0.2) is 84.4 Å². The maximum absolute atomic E-state index is 2.62. The topological polar surface area (TPSA) is 0 Å². The molecule has 0 saturated heterocycles. The molecule has 0 aromatic heterocycles. The zero-order valence-electron chi connectivity index (χ0n) is 28.5. The van der Waals surface area contributed by atoms with Crippen molar-refractivity contribution < 1.29 is 47.2 Å². The van der Waals surface area contributed by atoms with Crippen LogP contribution in [-0.2, 0) is 33.2 Å². The van der Waals surface area contributed by atoms with Crippen molar-refractivity contribution in [3.05, 3.63) is 123 Å². The molecule has 0 heterocycles. The third kappa shape index (κ3) is 6.69. The predicted octanol–water partition coefficient (Wildman–Crippen LogP) is 5.42. The van der Waals surface area contributed by atoms with Gasteiger partial charge in [0.25, 0.3) is 0 Å². The monoisotopic (exact) mass is 728 g/mol. The van der Waals surface area contributed by atoms with Gasteiger partial charge in [0, 0.05) is 0 Å². The van der Waals surface area contributed by atoms with Gasteiger partial charge in [-0.15, -0.1) is 0 Å². The molecule has 0 nitrogen and oxygen atoms in total. The molecule has 0 fully saturated rings. The maximum Gasteiger partial charge on any atom is -1.00 e. The van der Waals surface area contributed by atoms with E-state index in [4.69, 9.17) is 0 Å². The zero-order valence-corrected chi connectivity index (χ0v) is 33.6. The van der Waals surface area contributed by atoms with Crippen molar-refractivity contribution in [3.8, 4) is 22.3 Å². The average molecular weight is 731 g/mol. The Morgan fingerprint density at radius 3 is 2.00 bits per heavy atom. The largest absolute Gasteiger partial charge is 1.00 e. The molecule has 0 aliphatic heterocycles. The van der Waals surface area contributed by atoms with Gasteiger partial charge in [0.1, 0.15) is 0 Å². The fraction of sp³-hybridized carbons (Fsp3) is 0.366. The van der Waals surface area contributed by atoms with E-state index in [1.807, 2.05) is 0 Å². The number of rotatable bonds is 6. The van der Waals surface area contributed by atoms with Gasteiger partial charge < -0.3 is 24.8 Å². The molecule has 6 rings (SSSR count). The van der Waals surface area contributed by atoms with Crippen molar-refractivity contribution in [2.75, 3.05) is 0 Å². The summed E-state index contributed by atoms with van der Waals surface area (Å²) in [5.41, 5.74) is 18.6. The second-order valence-electron chi connectivity index (χ2n) is 15.1. The number of halogens is 2. The van der Waals surface area contributed by atoms with E-state index < -0.39 is 28.3 Å². The van der Waals surface area contributed by atoms with Crippen molar-refractivity contribution in [2.45, 2.75) is 94.8 Å². The van der Waals surface area contributed by atoms with Crippen LogP contribution in [0.4, 0.5) is 0 Å². The smallest absolute Gasteiger partial charge is 1.00 e. The molecule has 0 N–H and O–H groups in total. The minimum atomic E-state index is -0.701. The normalized spacial score (nSPS) is 16.6. The van der Waals surface area contributed by atoms with Gasteiger partial charge in [-0.3, -0.25) is 0 Å². The predicted molar refractivity (Wildman–Crippen MR) is 187 cm³/mol. The maximum atomic E-state index is 2.62. The van der Waals surface area contributed by atoms with Gasteiger partial charge in [-0.1, -0.05) is 0 Å². The van der Waals surface area contributed by atoms with Crippen LogP contribution < -0.4 is 24.8 Å². The molecule has 0 bridgehead atoms. The summed E-state index contributed by atoms with van der Waals surface area (Å²) in [5.74, 6) is -0.373. The van der Waals surface area contributed by atoms with E-state index in [2.05, 4.69) is 146 Å². The third-order valence-electron chi connectivity index (χ3n) is 9.47. The Morgan fingerprint density at radius 1 is 0.689 bits per heavy atom. The summed E-state index contributed by atoms with van der Waals surface area (Å²) in [6.07, 6.45) is 4.90. The summed E-state index contributed by atoms with van der Waals surface area (Å²) in [4.78, 5) is 0. The second-order valence-corrected chi connectivity index (χ2v) is 30.2. The van der Waals surface area contributed by atoms with Gasteiger partial charge >= 0.3 is 275 Å². The van der Waals surface area contributed by atoms with Crippen LogP contribution in [-0.4, -0.2) is 5.92 Å². The average Bonchev–Trinajstić information content (AvgIpc) is 3.47. The van der Waals surface area contributed by atoms with E-state index in [0.29, 0.717) is 9.54 Å². The van der Waals surface area contributed by atoms with Crippen molar-refractivity contribution in [2.24, 2.45) is 0 Å². The van der Waals surface area contributed by atoms with E-state index in [1.165, 1.54) is 45.4 Å². The van der Waals surface area contributed by atoms with Crippen LogP contribution in [0.25, 0.3) is 28.3 Å². The van der Waals surface area contributed by atoms with Crippen molar-refractivity contribution in [3.63, 3.8) is 0 Å². The van der Waals surface area contributed by atoms with Crippen molar-refractivity contribution in [1.29, 1.82) is 0 Å². The fourth-order valence-corrected chi connectivity index (χ4v) is 17.3. The molecule has 4 aromatic carbocycles. The fourth-order valence-electron chi connectivity index (χ4n) is 7.50. The Labute approximate surface area is 297 Å². The van der Waals surface area contributed by atoms with E-state index in [-0.39, 0.29) is 35.6 Å². The number of benzene rings is 4. The van der Waals surface area contributed by atoms with Crippen LogP contribution in [0.3, 0.4) is 0 Å². The first-order valence-corrected chi connectivity index (χ1v) is 24.9. The van der Waals surface area contributed by atoms with Gasteiger partial charge in [0.2, 0.25) is 0 Å². The summed E-state index contributed by atoms with van der Waals surface area (Å²) >= 11 is -0.657. The molecule has 0 amide bonds. The molecule has 234 valence electrons. The summed E-state index contributed by atoms with van der Waals surface area (Å²) in [6, 6.07) is 30.7. The second kappa shape index (κ2) is 13.8. The first-order valence-electron chi connectivity index (χ1n) is 16.4. The Balaban J connectivity index is 0.00000230. The molecule has 0 saturated carbocycles. The van der Waals surface area contributed by atoms with Crippen LogP contribution in [0, 0.1) is 0 Å². The summed E-state index contributed by atoms with van der Waals surface area (Å²) in [5, 5.41) is 0. The molecule has 45 heavy (non-hydrogen) atoms. The van der Waals surface area contributed by atoms with E-state index in [0.717, 1.165) is 6.42 Å². The molecule has 4 aromatic rings. The molecular weight excluding hydrogens is 683 g/mol. The molecule has 2 aliphatic rings. The molecule has 2 atom stereocenters. The molecule has 0 spiro atoms. The number of allylic oxidation sites excluding steroid dienone is 1. The van der Waals surface area contributed by atoms with Crippen LogP contribution in [0.2, 0.25) is 13.1 Å². The van der Waals surface area contributed by atoms with E-state index in [1.54, 1.807) is 27.8 Å². The SMILES string of the molecule is CCCC1=Cc2c(-c3ccccc3)cccc2C1c1c(C(C)(C)C)ccc2c1[CH]([Zr+2][SiH](C)C)c1cc(C(C)(C)C)ccc1-2.[Cl-].[Cl-]. The van der Waals surface area contributed by atoms with Crippen molar-refractivity contribution in [1.82, 2.24) is 0 Å². The van der Waals surface area contributed by atoms with Gasteiger partial charge in [-0.2, -0.15) is 0 Å². The quantitative estimate of drug-likeness (QED) is 0.233. The first-order chi connectivity index (χ1) is 20.4. The van der Waals surface area contributed by atoms with Crippen LogP contribution in [0.1, 0.15) is 110 Å². The Kier molecular flexibility index (Phi) is 11.1. The number of hydrogen-bond donors (Lipinski definition) is 0. The Morgan fingerprint density at radius 2 is 1.38 bits per heavy atom. The summed E-state index contributed by atoms with van der Waals surface area (Å²) < 4.78 is 0.643. The Hall–Kier alpha value is -1.70. The third-order valence-corrected chi connectivity index (χ3v) is 19.3. The summed E-state index contributed by atoms with van der Waals surface area (Å²) in [6.45, 7) is 22.0. The van der Waals surface area contributed by atoms with Gasteiger partial charge in [-0.05, 0) is 0 Å². The molecular formula is C41H48Cl2SiZr. The van der Waals surface area contributed by atoms with E-state index >= 15 is 0 Å². The van der Waals surface area contributed by atoms with Crippen LogP contribution >= 0.6 is 0 Å². The number of hydrogen-bond acceptors (Lipinski definition) is 0. The van der Waals surface area contributed by atoms with Gasteiger partial charge in [0.15, 0.2) is 0 Å².